The molecule has 4 heteroatoms. The van der Waals surface area contributed by atoms with Crippen molar-refractivity contribution in [2.75, 3.05) is 5.75 Å². The molecule has 0 N–H and O–H groups in total. The summed E-state index contributed by atoms with van der Waals surface area (Å²) in [5, 5.41) is 0.822. The summed E-state index contributed by atoms with van der Waals surface area (Å²) in [5.74, 6) is 0.539. The standard InChI is InChI=1S/C14H14N2OS/c1-10-3-4-12(11(2)7-10)13(17)8-18-14-5-6-15-9-16-14/h3-7,9H,8H2,1-2H3. The van der Waals surface area contributed by atoms with Crippen LogP contribution in [0.4, 0.5) is 0 Å². The van der Waals surface area contributed by atoms with Crippen molar-refractivity contribution in [3.8, 4) is 0 Å². The SMILES string of the molecule is Cc1ccc(C(=O)CSc2ccncn2)c(C)c1. The van der Waals surface area contributed by atoms with Gasteiger partial charge in [-0.3, -0.25) is 4.79 Å². The van der Waals surface area contributed by atoms with Crippen LogP contribution in [0.15, 0.2) is 41.8 Å². The first-order valence-electron chi connectivity index (χ1n) is 5.66. The van der Waals surface area contributed by atoms with Crippen LogP contribution in [0.25, 0.3) is 0 Å². The molecule has 0 aliphatic carbocycles. The number of aromatic nitrogens is 2. The van der Waals surface area contributed by atoms with E-state index in [1.54, 1.807) is 12.3 Å². The van der Waals surface area contributed by atoms with Crippen LogP contribution in [0.3, 0.4) is 0 Å². The van der Waals surface area contributed by atoms with Gasteiger partial charge in [-0.2, -0.15) is 0 Å². The molecule has 1 heterocycles. The Kier molecular flexibility index (Phi) is 4.10. The van der Waals surface area contributed by atoms with Crippen molar-refractivity contribution in [3.05, 3.63) is 53.5 Å². The molecule has 18 heavy (non-hydrogen) atoms. The molecule has 0 radical (unpaired) electrons. The lowest BCUT2D eigenvalue weighted by molar-refractivity contribution is 0.102. The van der Waals surface area contributed by atoms with E-state index in [4.69, 9.17) is 0 Å². The predicted octanol–water partition coefficient (Wildman–Crippen LogP) is 3.07. The van der Waals surface area contributed by atoms with Crippen molar-refractivity contribution < 1.29 is 4.79 Å². The Balaban J connectivity index is 2.04. The molecule has 2 rings (SSSR count). The molecule has 92 valence electrons. The summed E-state index contributed by atoms with van der Waals surface area (Å²) in [6.07, 6.45) is 3.17. The van der Waals surface area contributed by atoms with Crippen LogP contribution in [0.1, 0.15) is 21.5 Å². The van der Waals surface area contributed by atoms with Crippen molar-refractivity contribution in [1.29, 1.82) is 0 Å². The molecule has 0 fully saturated rings. The zero-order chi connectivity index (χ0) is 13.0. The smallest absolute Gasteiger partial charge is 0.173 e. The lowest BCUT2D eigenvalue weighted by Gasteiger charge is -2.05. The number of aryl methyl sites for hydroxylation is 2. The third-order valence-electron chi connectivity index (χ3n) is 2.59. The van der Waals surface area contributed by atoms with Gasteiger partial charge in [-0.05, 0) is 25.5 Å². The van der Waals surface area contributed by atoms with E-state index < -0.39 is 0 Å². The quantitative estimate of drug-likeness (QED) is 0.480. The van der Waals surface area contributed by atoms with Gasteiger partial charge < -0.3 is 0 Å². The number of Topliss-reactive ketones (excluding diaryl/α,β-unsaturated/α-hetero) is 1. The molecule has 0 aliphatic rings. The second kappa shape index (κ2) is 5.78. The normalized spacial score (nSPS) is 10.3. The number of benzene rings is 1. The van der Waals surface area contributed by atoms with E-state index in [2.05, 4.69) is 9.97 Å². The van der Waals surface area contributed by atoms with Crippen LogP contribution in [-0.4, -0.2) is 21.5 Å². The highest BCUT2D eigenvalue weighted by atomic mass is 32.2. The molecule has 1 aromatic carbocycles. The van der Waals surface area contributed by atoms with Crippen LogP contribution >= 0.6 is 11.8 Å². The zero-order valence-corrected chi connectivity index (χ0v) is 11.2. The number of hydrogen-bond acceptors (Lipinski definition) is 4. The summed E-state index contributed by atoms with van der Waals surface area (Å²) in [6.45, 7) is 3.99. The summed E-state index contributed by atoms with van der Waals surface area (Å²) in [5.41, 5.74) is 3.00. The highest BCUT2D eigenvalue weighted by Crippen LogP contribution is 2.18. The van der Waals surface area contributed by atoms with E-state index >= 15 is 0 Å². The van der Waals surface area contributed by atoms with Crippen molar-refractivity contribution in [1.82, 2.24) is 9.97 Å². The van der Waals surface area contributed by atoms with E-state index in [1.165, 1.54) is 23.7 Å². The molecular weight excluding hydrogens is 244 g/mol. The number of rotatable bonds is 4. The monoisotopic (exact) mass is 258 g/mol. The Labute approximate surface area is 111 Å². The molecule has 0 amide bonds. The minimum Gasteiger partial charge on any atom is -0.293 e. The second-order valence-corrected chi connectivity index (χ2v) is 5.07. The number of hydrogen-bond donors (Lipinski definition) is 0. The molecule has 0 atom stereocenters. The van der Waals surface area contributed by atoms with Crippen molar-refractivity contribution in [2.45, 2.75) is 18.9 Å². The second-order valence-electron chi connectivity index (χ2n) is 4.08. The van der Waals surface area contributed by atoms with Crippen molar-refractivity contribution >= 4 is 17.5 Å². The van der Waals surface area contributed by atoms with E-state index in [0.717, 1.165) is 16.2 Å². The topological polar surface area (TPSA) is 42.9 Å². The fourth-order valence-corrected chi connectivity index (χ4v) is 2.42. The number of carbonyl (C=O) groups is 1. The average Bonchev–Trinajstić information content (AvgIpc) is 2.37. The Morgan fingerprint density at radius 3 is 2.78 bits per heavy atom. The first kappa shape index (κ1) is 12.8. The molecule has 2 aromatic rings. The minimum atomic E-state index is 0.135. The Hall–Kier alpha value is -1.68. The molecule has 0 aliphatic heterocycles. The highest BCUT2D eigenvalue weighted by Gasteiger charge is 2.09. The van der Waals surface area contributed by atoms with E-state index in [0.29, 0.717) is 5.75 Å². The van der Waals surface area contributed by atoms with Crippen LogP contribution < -0.4 is 0 Å². The molecule has 1 aromatic heterocycles. The van der Waals surface area contributed by atoms with Crippen LogP contribution in [0.5, 0.6) is 0 Å². The van der Waals surface area contributed by atoms with Crippen LogP contribution in [0.2, 0.25) is 0 Å². The maximum atomic E-state index is 12.1. The Bertz CT molecular complexity index is 555. The van der Waals surface area contributed by atoms with Crippen molar-refractivity contribution in [2.24, 2.45) is 0 Å². The Morgan fingerprint density at radius 2 is 2.11 bits per heavy atom. The van der Waals surface area contributed by atoms with E-state index in [-0.39, 0.29) is 5.78 Å². The molecule has 3 nitrogen and oxygen atoms in total. The summed E-state index contributed by atoms with van der Waals surface area (Å²) in [4.78, 5) is 20.0. The molecule has 0 saturated carbocycles. The van der Waals surface area contributed by atoms with Gasteiger partial charge in [0.25, 0.3) is 0 Å². The maximum Gasteiger partial charge on any atom is 0.173 e. The molecule has 0 unspecified atom stereocenters. The molecule has 0 bridgehead atoms. The summed E-state index contributed by atoms with van der Waals surface area (Å²) in [6, 6.07) is 7.70. The van der Waals surface area contributed by atoms with E-state index in [1.807, 2.05) is 32.0 Å². The molecule has 0 saturated heterocycles. The van der Waals surface area contributed by atoms with Crippen molar-refractivity contribution in [3.63, 3.8) is 0 Å². The lowest BCUT2D eigenvalue weighted by Crippen LogP contribution is -2.05. The van der Waals surface area contributed by atoms with Gasteiger partial charge in [0.2, 0.25) is 0 Å². The fourth-order valence-electron chi connectivity index (χ4n) is 1.71. The first-order chi connectivity index (χ1) is 8.66. The van der Waals surface area contributed by atoms with Gasteiger partial charge in [0.05, 0.1) is 10.8 Å². The Morgan fingerprint density at radius 1 is 1.28 bits per heavy atom. The van der Waals surface area contributed by atoms with Gasteiger partial charge in [-0.25, -0.2) is 9.97 Å². The average molecular weight is 258 g/mol. The predicted molar refractivity (Wildman–Crippen MR) is 73.0 cm³/mol. The van der Waals surface area contributed by atoms with Gasteiger partial charge in [-0.15, -0.1) is 0 Å². The van der Waals surface area contributed by atoms with Crippen LogP contribution in [-0.2, 0) is 0 Å². The summed E-state index contributed by atoms with van der Waals surface area (Å²) >= 11 is 1.44. The molecular formula is C14H14N2OS. The number of thioether (sulfide) groups is 1. The zero-order valence-electron chi connectivity index (χ0n) is 10.4. The highest BCUT2D eigenvalue weighted by molar-refractivity contribution is 7.99. The third kappa shape index (κ3) is 3.17. The summed E-state index contributed by atoms with van der Waals surface area (Å²) in [7, 11) is 0. The van der Waals surface area contributed by atoms with E-state index in [9.17, 15) is 4.79 Å². The third-order valence-corrected chi connectivity index (χ3v) is 3.53. The first-order valence-corrected chi connectivity index (χ1v) is 6.64. The number of carbonyl (C=O) groups excluding carboxylic acids is 1. The summed E-state index contributed by atoms with van der Waals surface area (Å²) < 4.78 is 0. The number of ketones is 1. The van der Waals surface area contributed by atoms with Crippen LogP contribution in [0, 0.1) is 13.8 Å². The maximum absolute atomic E-state index is 12.1. The fraction of sp³-hybridized carbons (Fsp3) is 0.214. The van der Waals surface area contributed by atoms with Gasteiger partial charge in [0, 0.05) is 11.8 Å². The van der Waals surface area contributed by atoms with Gasteiger partial charge >= 0.3 is 0 Å². The van der Waals surface area contributed by atoms with Gasteiger partial charge in [-0.1, -0.05) is 35.5 Å². The molecule has 0 spiro atoms. The van der Waals surface area contributed by atoms with Gasteiger partial charge in [0.15, 0.2) is 5.78 Å². The van der Waals surface area contributed by atoms with Gasteiger partial charge in [0.1, 0.15) is 6.33 Å². The minimum absolute atomic E-state index is 0.135. The lowest BCUT2D eigenvalue weighted by atomic mass is 10.0. The number of nitrogens with zero attached hydrogens (tertiary/aromatic N) is 2. The largest absolute Gasteiger partial charge is 0.293 e.